The van der Waals surface area contributed by atoms with Crippen LogP contribution < -0.4 is 5.32 Å². The number of aromatic nitrogens is 2. The molecule has 0 atom stereocenters. The van der Waals surface area contributed by atoms with Gasteiger partial charge in [0.1, 0.15) is 5.01 Å². The number of rotatable bonds is 4. The lowest BCUT2D eigenvalue weighted by Gasteiger charge is -2.21. The predicted molar refractivity (Wildman–Crippen MR) is 101 cm³/mol. The lowest BCUT2D eigenvalue weighted by Crippen LogP contribution is -2.12. The zero-order valence-corrected chi connectivity index (χ0v) is 15.2. The molecule has 2 aromatic rings. The molecule has 0 unspecified atom stereocenters. The van der Waals surface area contributed by atoms with Gasteiger partial charge in [0, 0.05) is 11.5 Å². The van der Waals surface area contributed by atoms with Crippen LogP contribution in [0.1, 0.15) is 84.1 Å². The molecule has 0 saturated heterocycles. The molecule has 4 nitrogen and oxygen atoms in total. The first-order chi connectivity index (χ1) is 12.3. The fraction of sp³-hybridized carbons (Fsp3) is 0.500. The monoisotopic (exact) mass is 354 g/mol. The molecule has 2 aliphatic carbocycles. The lowest BCUT2D eigenvalue weighted by atomic mass is 9.84. The first kappa shape index (κ1) is 16.7. The smallest absolute Gasteiger partial charge is 0.257 e. The van der Waals surface area contributed by atoms with Crippen molar-refractivity contribution in [1.29, 1.82) is 0 Å². The summed E-state index contributed by atoms with van der Waals surface area (Å²) in [4.78, 5) is 12.5. The first-order valence-electron chi connectivity index (χ1n) is 9.36. The fourth-order valence-electron chi connectivity index (χ4n) is 3.96. The fourth-order valence-corrected chi connectivity index (χ4v) is 4.87. The SMILES string of the molecule is O=C(Nc1nnc(C2CCCC2)s1)c1ccc(C2CC[CH]CC2)cc1. The van der Waals surface area contributed by atoms with Crippen LogP contribution in [-0.2, 0) is 0 Å². The van der Waals surface area contributed by atoms with Gasteiger partial charge in [0.05, 0.1) is 0 Å². The van der Waals surface area contributed by atoms with Gasteiger partial charge in [-0.15, -0.1) is 10.2 Å². The molecule has 5 heteroatoms. The van der Waals surface area contributed by atoms with Crippen molar-refractivity contribution in [3.63, 3.8) is 0 Å². The van der Waals surface area contributed by atoms with Crippen molar-refractivity contribution in [1.82, 2.24) is 10.2 Å². The van der Waals surface area contributed by atoms with E-state index in [1.165, 1.54) is 68.3 Å². The average Bonchev–Trinajstić information content (AvgIpc) is 3.34. The molecule has 1 N–H and O–H groups in total. The molecule has 1 heterocycles. The Morgan fingerprint density at radius 1 is 0.960 bits per heavy atom. The highest BCUT2D eigenvalue weighted by Gasteiger charge is 2.22. The van der Waals surface area contributed by atoms with E-state index in [1.54, 1.807) is 0 Å². The summed E-state index contributed by atoms with van der Waals surface area (Å²) in [7, 11) is 0. The maximum absolute atomic E-state index is 12.5. The summed E-state index contributed by atoms with van der Waals surface area (Å²) in [5, 5.41) is 13.0. The molecule has 131 valence electrons. The number of hydrogen-bond acceptors (Lipinski definition) is 4. The van der Waals surface area contributed by atoms with E-state index in [0.717, 1.165) is 5.01 Å². The Morgan fingerprint density at radius 3 is 2.40 bits per heavy atom. The van der Waals surface area contributed by atoms with Crippen LogP contribution in [0.2, 0.25) is 0 Å². The largest absolute Gasteiger partial charge is 0.296 e. The maximum Gasteiger partial charge on any atom is 0.257 e. The Bertz CT molecular complexity index is 713. The van der Waals surface area contributed by atoms with Crippen molar-refractivity contribution >= 4 is 22.4 Å². The van der Waals surface area contributed by atoms with Gasteiger partial charge in [-0.1, -0.05) is 36.3 Å². The van der Waals surface area contributed by atoms with Crippen molar-refractivity contribution < 1.29 is 4.79 Å². The topological polar surface area (TPSA) is 54.9 Å². The van der Waals surface area contributed by atoms with E-state index in [2.05, 4.69) is 34.1 Å². The molecule has 1 aromatic carbocycles. The average molecular weight is 354 g/mol. The summed E-state index contributed by atoms with van der Waals surface area (Å²) in [6.45, 7) is 0. The van der Waals surface area contributed by atoms with E-state index in [9.17, 15) is 4.79 Å². The first-order valence-corrected chi connectivity index (χ1v) is 10.2. The number of nitrogens with one attached hydrogen (secondary N) is 1. The Morgan fingerprint density at radius 2 is 1.68 bits per heavy atom. The number of benzene rings is 1. The van der Waals surface area contributed by atoms with E-state index in [0.29, 0.717) is 22.5 Å². The summed E-state index contributed by atoms with van der Waals surface area (Å²) >= 11 is 1.52. The molecule has 1 amide bonds. The molecule has 1 radical (unpaired) electrons. The number of amides is 1. The van der Waals surface area contributed by atoms with Gasteiger partial charge in [-0.25, -0.2) is 0 Å². The second-order valence-corrected chi connectivity index (χ2v) is 8.15. The highest BCUT2D eigenvalue weighted by atomic mass is 32.1. The quantitative estimate of drug-likeness (QED) is 0.809. The van der Waals surface area contributed by atoms with Gasteiger partial charge in [0.2, 0.25) is 5.13 Å². The van der Waals surface area contributed by atoms with Gasteiger partial charge in [-0.2, -0.15) is 0 Å². The van der Waals surface area contributed by atoms with Gasteiger partial charge in [-0.05, 0) is 68.6 Å². The molecule has 1 aromatic heterocycles. The van der Waals surface area contributed by atoms with E-state index in [-0.39, 0.29) is 5.91 Å². The lowest BCUT2D eigenvalue weighted by molar-refractivity contribution is 0.102. The summed E-state index contributed by atoms with van der Waals surface area (Å²) in [6.07, 6.45) is 12.2. The third-order valence-electron chi connectivity index (χ3n) is 5.45. The van der Waals surface area contributed by atoms with Crippen LogP contribution in [0.4, 0.5) is 5.13 Å². The van der Waals surface area contributed by atoms with Gasteiger partial charge >= 0.3 is 0 Å². The minimum Gasteiger partial charge on any atom is -0.296 e. The molecule has 0 aliphatic heterocycles. The minimum atomic E-state index is -0.0994. The van der Waals surface area contributed by atoms with Crippen molar-refractivity contribution in [2.75, 3.05) is 5.32 Å². The molecule has 4 rings (SSSR count). The molecule has 25 heavy (non-hydrogen) atoms. The van der Waals surface area contributed by atoms with Gasteiger partial charge in [0.25, 0.3) is 5.91 Å². The third-order valence-corrected chi connectivity index (χ3v) is 6.45. The normalized spacial score (nSPS) is 19.2. The number of anilines is 1. The minimum absolute atomic E-state index is 0.0994. The molecule has 0 bridgehead atoms. The molecule has 2 aliphatic rings. The van der Waals surface area contributed by atoms with E-state index in [4.69, 9.17) is 0 Å². The van der Waals surface area contributed by atoms with E-state index in [1.807, 2.05) is 12.1 Å². The third kappa shape index (κ3) is 3.92. The summed E-state index contributed by atoms with van der Waals surface area (Å²) in [6, 6.07) is 8.08. The Balaban J connectivity index is 1.39. The maximum atomic E-state index is 12.5. The second-order valence-electron chi connectivity index (χ2n) is 7.14. The van der Waals surface area contributed by atoms with Crippen LogP contribution in [0.15, 0.2) is 24.3 Å². The zero-order chi connectivity index (χ0) is 17.1. The summed E-state index contributed by atoms with van der Waals surface area (Å²) < 4.78 is 0. The number of nitrogens with zero attached hydrogens (tertiary/aromatic N) is 2. The Kier molecular flexibility index (Phi) is 5.11. The van der Waals surface area contributed by atoms with Gasteiger partial charge < -0.3 is 0 Å². The van der Waals surface area contributed by atoms with E-state index < -0.39 is 0 Å². The molecular weight excluding hydrogens is 330 g/mol. The van der Waals surface area contributed by atoms with Crippen LogP contribution in [0, 0.1) is 6.42 Å². The van der Waals surface area contributed by atoms with Crippen molar-refractivity contribution in [3.05, 3.63) is 46.8 Å². The molecule has 2 saturated carbocycles. The number of carbonyl (C=O) groups is 1. The van der Waals surface area contributed by atoms with Crippen molar-refractivity contribution in [2.24, 2.45) is 0 Å². The van der Waals surface area contributed by atoms with Crippen molar-refractivity contribution in [2.45, 2.75) is 63.2 Å². The predicted octanol–water partition coefficient (Wildman–Crippen LogP) is 5.31. The van der Waals surface area contributed by atoms with Crippen LogP contribution in [0.25, 0.3) is 0 Å². The summed E-state index contributed by atoms with van der Waals surface area (Å²) in [5.74, 6) is 1.08. The van der Waals surface area contributed by atoms with Crippen LogP contribution >= 0.6 is 11.3 Å². The highest BCUT2D eigenvalue weighted by Crippen LogP contribution is 2.36. The Hall–Kier alpha value is -1.75. The molecule has 2 fully saturated rings. The zero-order valence-electron chi connectivity index (χ0n) is 14.4. The summed E-state index contributed by atoms with van der Waals surface area (Å²) in [5.41, 5.74) is 2.04. The van der Waals surface area contributed by atoms with Crippen LogP contribution in [-0.4, -0.2) is 16.1 Å². The van der Waals surface area contributed by atoms with Crippen LogP contribution in [0.5, 0.6) is 0 Å². The molecule has 0 spiro atoms. The number of carbonyl (C=O) groups excluding carboxylic acids is 1. The molecular formula is C20H24N3OS. The van der Waals surface area contributed by atoms with Gasteiger partial charge in [-0.3, -0.25) is 10.1 Å². The van der Waals surface area contributed by atoms with Gasteiger partial charge in [0.15, 0.2) is 0 Å². The highest BCUT2D eigenvalue weighted by molar-refractivity contribution is 7.15. The van der Waals surface area contributed by atoms with E-state index >= 15 is 0 Å². The Labute approximate surface area is 153 Å². The number of hydrogen-bond donors (Lipinski definition) is 1. The second kappa shape index (κ2) is 7.65. The van der Waals surface area contributed by atoms with Crippen LogP contribution in [0.3, 0.4) is 0 Å². The van der Waals surface area contributed by atoms with Crippen molar-refractivity contribution in [3.8, 4) is 0 Å². The standard InChI is InChI=1S/C20H24N3OS/c24-18(21-20-23-22-19(25-20)17-8-4-5-9-17)16-12-10-15(11-13-16)14-6-2-1-3-7-14/h1,10-14,17H,2-9H2,(H,21,23,24).